The molecule has 2 fully saturated rings. The van der Waals surface area contributed by atoms with Crippen LogP contribution in [0.5, 0.6) is 5.75 Å². The van der Waals surface area contributed by atoms with Crippen LogP contribution in [0.2, 0.25) is 0 Å². The Bertz CT molecular complexity index is 589. The van der Waals surface area contributed by atoms with Gasteiger partial charge in [0.1, 0.15) is 5.75 Å². The molecular formula is C18H22O2. The van der Waals surface area contributed by atoms with Gasteiger partial charge in [0.2, 0.25) is 0 Å². The van der Waals surface area contributed by atoms with Crippen molar-refractivity contribution in [1.82, 2.24) is 0 Å². The molecule has 0 unspecified atom stereocenters. The number of benzene rings is 1. The lowest BCUT2D eigenvalue weighted by Gasteiger charge is -2.46. The van der Waals surface area contributed by atoms with E-state index < -0.39 is 0 Å². The minimum atomic E-state index is -0.129. The SMILES string of the molecule is C[C@@]12CC[C@@H]3C(=CCc4cc(O)ccc43)[C@H]1CC[C@H]2O. The van der Waals surface area contributed by atoms with Gasteiger partial charge < -0.3 is 10.2 Å². The van der Waals surface area contributed by atoms with E-state index in [1.54, 1.807) is 5.57 Å². The quantitative estimate of drug-likeness (QED) is 0.708. The monoisotopic (exact) mass is 270 g/mol. The zero-order chi connectivity index (χ0) is 13.9. The lowest BCUT2D eigenvalue weighted by atomic mass is 9.59. The van der Waals surface area contributed by atoms with Gasteiger partial charge >= 0.3 is 0 Å². The highest BCUT2D eigenvalue weighted by molar-refractivity contribution is 5.47. The van der Waals surface area contributed by atoms with Crippen molar-refractivity contribution in [3.05, 3.63) is 41.0 Å². The Hall–Kier alpha value is -1.28. The normalized spacial score (nSPS) is 38.7. The van der Waals surface area contributed by atoms with Gasteiger partial charge in [-0.15, -0.1) is 0 Å². The van der Waals surface area contributed by atoms with E-state index in [0.717, 1.165) is 32.1 Å². The summed E-state index contributed by atoms with van der Waals surface area (Å²) in [5.41, 5.74) is 4.34. The van der Waals surface area contributed by atoms with Crippen LogP contribution in [0.3, 0.4) is 0 Å². The number of aromatic hydroxyl groups is 1. The molecule has 0 radical (unpaired) electrons. The Morgan fingerprint density at radius 1 is 1.20 bits per heavy atom. The largest absolute Gasteiger partial charge is 0.508 e. The third-order valence-corrected chi connectivity index (χ3v) is 6.12. The summed E-state index contributed by atoms with van der Waals surface area (Å²) in [4.78, 5) is 0. The Balaban J connectivity index is 1.76. The summed E-state index contributed by atoms with van der Waals surface area (Å²) in [6, 6.07) is 5.84. The van der Waals surface area contributed by atoms with E-state index in [0.29, 0.717) is 17.6 Å². The molecule has 0 aliphatic heterocycles. The van der Waals surface area contributed by atoms with Crippen molar-refractivity contribution in [2.75, 3.05) is 0 Å². The molecule has 0 aromatic heterocycles. The van der Waals surface area contributed by atoms with Crippen molar-refractivity contribution >= 4 is 0 Å². The Morgan fingerprint density at radius 3 is 2.90 bits per heavy atom. The van der Waals surface area contributed by atoms with Gasteiger partial charge in [-0.05, 0) is 61.3 Å². The summed E-state index contributed by atoms with van der Waals surface area (Å²) in [5, 5.41) is 20.0. The van der Waals surface area contributed by atoms with E-state index in [1.807, 2.05) is 12.1 Å². The Labute approximate surface area is 120 Å². The molecule has 0 amide bonds. The van der Waals surface area contributed by atoms with Crippen LogP contribution >= 0.6 is 0 Å². The van der Waals surface area contributed by atoms with Crippen molar-refractivity contribution < 1.29 is 10.2 Å². The molecule has 0 bridgehead atoms. The van der Waals surface area contributed by atoms with Crippen molar-refractivity contribution in [3.8, 4) is 5.75 Å². The van der Waals surface area contributed by atoms with E-state index in [-0.39, 0.29) is 11.5 Å². The fraction of sp³-hybridized carbons (Fsp3) is 0.556. The summed E-state index contributed by atoms with van der Waals surface area (Å²) in [7, 11) is 0. The highest BCUT2D eigenvalue weighted by atomic mass is 16.3. The zero-order valence-corrected chi connectivity index (χ0v) is 12.0. The first-order valence-electron chi connectivity index (χ1n) is 7.79. The number of aliphatic hydroxyl groups is 1. The molecule has 3 aliphatic carbocycles. The average molecular weight is 270 g/mol. The molecule has 2 heteroatoms. The van der Waals surface area contributed by atoms with E-state index in [4.69, 9.17) is 0 Å². The number of aliphatic hydroxyl groups excluding tert-OH is 1. The van der Waals surface area contributed by atoms with E-state index in [1.165, 1.54) is 11.1 Å². The van der Waals surface area contributed by atoms with Crippen molar-refractivity contribution in [3.63, 3.8) is 0 Å². The topological polar surface area (TPSA) is 40.5 Å². The maximum atomic E-state index is 10.3. The molecule has 3 aliphatic rings. The standard InChI is InChI=1S/C18H22O2/c1-18-9-8-14-13-5-3-12(19)10-11(13)2-4-15(14)16(18)6-7-17(18)20/h3-5,10,14,16-17,19-20H,2,6-9H2,1H3/t14-,16+,17+,18+/m0/s1. The predicted molar refractivity (Wildman–Crippen MR) is 78.7 cm³/mol. The van der Waals surface area contributed by atoms with Gasteiger partial charge in [0.25, 0.3) is 0 Å². The molecule has 2 N–H and O–H groups in total. The van der Waals surface area contributed by atoms with Crippen molar-refractivity contribution in [2.24, 2.45) is 11.3 Å². The fourth-order valence-electron chi connectivity index (χ4n) is 4.93. The van der Waals surface area contributed by atoms with Gasteiger partial charge in [0, 0.05) is 11.3 Å². The van der Waals surface area contributed by atoms with Crippen LogP contribution in [0.1, 0.15) is 49.7 Å². The van der Waals surface area contributed by atoms with Gasteiger partial charge in [-0.1, -0.05) is 24.6 Å². The molecule has 106 valence electrons. The minimum absolute atomic E-state index is 0.0940. The van der Waals surface area contributed by atoms with Crippen LogP contribution in [0.15, 0.2) is 29.8 Å². The van der Waals surface area contributed by atoms with Gasteiger partial charge in [0.15, 0.2) is 0 Å². The van der Waals surface area contributed by atoms with Crippen LogP contribution in [0, 0.1) is 11.3 Å². The number of rotatable bonds is 0. The molecular weight excluding hydrogens is 248 g/mol. The molecule has 1 aromatic carbocycles. The third-order valence-electron chi connectivity index (χ3n) is 6.12. The van der Waals surface area contributed by atoms with Crippen molar-refractivity contribution in [2.45, 2.75) is 51.0 Å². The number of hydrogen-bond donors (Lipinski definition) is 2. The summed E-state index contributed by atoms with van der Waals surface area (Å²) >= 11 is 0. The van der Waals surface area contributed by atoms with Gasteiger partial charge in [-0.3, -0.25) is 0 Å². The predicted octanol–water partition coefficient (Wildman–Crippen LogP) is 3.53. The lowest BCUT2D eigenvalue weighted by Crippen LogP contribution is -2.39. The summed E-state index contributed by atoms with van der Waals surface area (Å²) in [5.74, 6) is 1.44. The molecule has 0 saturated heterocycles. The summed E-state index contributed by atoms with van der Waals surface area (Å²) < 4.78 is 0. The van der Waals surface area contributed by atoms with E-state index in [9.17, 15) is 10.2 Å². The summed E-state index contributed by atoms with van der Waals surface area (Å²) in [6.07, 6.45) is 7.51. The minimum Gasteiger partial charge on any atom is -0.508 e. The van der Waals surface area contributed by atoms with Crippen LogP contribution < -0.4 is 0 Å². The molecule has 1 aromatic rings. The van der Waals surface area contributed by atoms with Crippen molar-refractivity contribution in [1.29, 1.82) is 0 Å². The molecule has 2 saturated carbocycles. The Kier molecular flexibility index (Phi) is 2.56. The maximum absolute atomic E-state index is 10.3. The average Bonchev–Trinajstić information content (AvgIpc) is 2.74. The van der Waals surface area contributed by atoms with Crippen LogP contribution in [0.25, 0.3) is 0 Å². The second-order valence-corrected chi connectivity index (χ2v) is 7.03. The molecule has 2 nitrogen and oxygen atoms in total. The highest BCUT2D eigenvalue weighted by Gasteiger charge is 2.51. The Morgan fingerprint density at radius 2 is 2.05 bits per heavy atom. The molecule has 0 heterocycles. The van der Waals surface area contributed by atoms with Gasteiger partial charge in [-0.25, -0.2) is 0 Å². The van der Waals surface area contributed by atoms with Gasteiger partial charge in [0.05, 0.1) is 6.10 Å². The van der Waals surface area contributed by atoms with E-state index >= 15 is 0 Å². The smallest absolute Gasteiger partial charge is 0.115 e. The molecule has 20 heavy (non-hydrogen) atoms. The first-order chi connectivity index (χ1) is 9.59. The number of phenolic OH excluding ortho intramolecular Hbond substituents is 1. The molecule has 0 spiro atoms. The highest BCUT2D eigenvalue weighted by Crippen LogP contribution is 2.59. The fourth-order valence-corrected chi connectivity index (χ4v) is 4.93. The van der Waals surface area contributed by atoms with E-state index in [2.05, 4.69) is 19.1 Å². The third kappa shape index (κ3) is 1.54. The van der Waals surface area contributed by atoms with Gasteiger partial charge in [-0.2, -0.15) is 0 Å². The van der Waals surface area contributed by atoms with Crippen LogP contribution in [-0.2, 0) is 6.42 Å². The number of fused-ring (bicyclic) bond motifs is 5. The number of allylic oxidation sites excluding steroid dienone is 2. The molecule has 4 atom stereocenters. The second kappa shape index (κ2) is 4.11. The lowest BCUT2D eigenvalue weighted by molar-refractivity contribution is 0.0267. The zero-order valence-electron chi connectivity index (χ0n) is 12.0. The second-order valence-electron chi connectivity index (χ2n) is 7.03. The van der Waals surface area contributed by atoms with Crippen LogP contribution in [-0.4, -0.2) is 16.3 Å². The first-order valence-corrected chi connectivity index (χ1v) is 7.79. The first kappa shape index (κ1) is 12.5. The van der Waals surface area contributed by atoms with Crippen LogP contribution in [0.4, 0.5) is 0 Å². The number of hydrogen-bond acceptors (Lipinski definition) is 2. The molecule has 4 rings (SSSR count). The summed E-state index contributed by atoms with van der Waals surface area (Å²) in [6.45, 7) is 2.28. The maximum Gasteiger partial charge on any atom is 0.115 e. The number of phenols is 1.